The van der Waals surface area contributed by atoms with Gasteiger partial charge < -0.3 is 13.7 Å². The van der Waals surface area contributed by atoms with E-state index in [0.29, 0.717) is 11.1 Å². The Hall–Kier alpha value is -7.86. The minimum absolute atomic E-state index is 0.590. The molecule has 0 bridgehead atoms. The van der Waals surface area contributed by atoms with Crippen molar-refractivity contribution in [2.45, 2.75) is 0 Å². The molecule has 3 aromatic heterocycles. The molecule has 0 atom stereocenters. The van der Waals surface area contributed by atoms with Gasteiger partial charge in [-0.1, -0.05) is 78.9 Å². The summed E-state index contributed by atoms with van der Waals surface area (Å²) in [6.07, 6.45) is 0. The summed E-state index contributed by atoms with van der Waals surface area (Å²) in [6, 6.07) is 66.2. The summed E-state index contributed by atoms with van der Waals surface area (Å²) in [5.41, 5.74) is 13.2. The van der Waals surface area contributed by atoms with Crippen molar-refractivity contribution in [1.29, 1.82) is 10.5 Å². The lowest BCUT2D eigenvalue weighted by molar-refractivity contribution is 1.16. The molecular formula is C50H29N5. The standard InChI is InChI=1S/C50H29N5/c51-30-32-20-22-47-41(24-32)42-25-33(31-52)21-23-48(42)54(47)37-14-8-10-34(26-37)35-11-9-15-38(27-35)55-46-19-7-5-17-40(46)44-28-43-39-16-4-6-18-45(39)53(49(43)29-50(44)55)36-12-2-1-3-13-36/h1-29H. The molecule has 5 heteroatoms. The molecule has 0 saturated heterocycles. The van der Waals surface area contributed by atoms with E-state index < -0.39 is 0 Å². The molecule has 0 N–H and O–H groups in total. The molecule has 0 radical (unpaired) electrons. The van der Waals surface area contributed by atoms with E-state index in [1.54, 1.807) is 0 Å². The van der Waals surface area contributed by atoms with Crippen LogP contribution in [0, 0.1) is 22.7 Å². The van der Waals surface area contributed by atoms with Crippen molar-refractivity contribution in [2.75, 3.05) is 0 Å². The number of aromatic nitrogens is 3. The molecule has 0 aliphatic heterocycles. The Bertz CT molecular complexity index is 3380. The lowest BCUT2D eigenvalue weighted by Crippen LogP contribution is -1.97. The Labute approximate surface area is 316 Å². The maximum atomic E-state index is 9.69. The molecule has 0 fully saturated rings. The van der Waals surface area contributed by atoms with Crippen LogP contribution in [0.1, 0.15) is 11.1 Å². The summed E-state index contributed by atoms with van der Waals surface area (Å²) in [6.45, 7) is 0. The fraction of sp³-hybridized carbons (Fsp3) is 0. The monoisotopic (exact) mass is 699 g/mol. The second kappa shape index (κ2) is 11.8. The molecule has 5 nitrogen and oxygen atoms in total. The normalized spacial score (nSPS) is 11.6. The molecule has 254 valence electrons. The Morgan fingerprint density at radius 1 is 0.291 bits per heavy atom. The number of fused-ring (bicyclic) bond motifs is 9. The van der Waals surface area contributed by atoms with Crippen LogP contribution in [-0.4, -0.2) is 13.7 Å². The Morgan fingerprint density at radius 2 is 0.709 bits per heavy atom. The average molecular weight is 700 g/mol. The fourth-order valence-corrected chi connectivity index (χ4v) is 8.65. The molecule has 0 aliphatic carbocycles. The van der Waals surface area contributed by atoms with E-state index in [1.807, 2.05) is 36.4 Å². The number of nitrogens with zero attached hydrogens (tertiary/aromatic N) is 5. The molecule has 11 rings (SSSR count). The van der Waals surface area contributed by atoms with Crippen molar-refractivity contribution in [3.05, 3.63) is 187 Å². The predicted octanol–water partition coefficient (Wildman–Crippen LogP) is 12.4. The van der Waals surface area contributed by atoms with E-state index >= 15 is 0 Å². The fourth-order valence-electron chi connectivity index (χ4n) is 8.65. The van der Waals surface area contributed by atoms with Crippen LogP contribution >= 0.6 is 0 Å². The SMILES string of the molecule is N#Cc1ccc2c(c1)c1cc(C#N)ccc1n2-c1cccc(-c2cccc(-n3c4ccccc4c4cc5c6ccccc6n(-c6ccccc6)c5cc43)c2)c1. The van der Waals surface area contributed by atoms with Crippen LogP contribution in [0.3, 0.4) is 0 Å². The summed E-state index contributed by atoms with van der Waals surface area (Å²) < 4.78 is 7.01. The van der Waals surface area contributed by atoms with Gasteiger partial charge in [-0.05, 0) is 108 Å². The second-order valence-electron chi connectivity index (χ2n) is 14.1. The van der Waals surface area contributed by atoms with E-state index in [2.05, 4.69) is 165 Å². The third-order valence-corrected chi connectivity index (χ3v) is 11.0. The second-order valence-corrected chi connectivity index (χ2v) is 14.1. The van der Waals surface area contributed by atoms with E-state index in [9.17, 15) is 10.5 Å². The Morgan fingerprint density at radius 3 is 1.24 bits per heavy atom. The highest BCUT2D eigenvalue weighted by molar-refractivity contribution is 6.19. The zero-order valence-corrected chi connectivity index (χ0v) is 29.5. The van der Waals surface area contributed by atoms with Gasteiger partial charge in [0.05, 0.1) is 56.4 Å². The van der Waals surface area contributed by atoms with Crippen molar-refractivity contribution in [1.82, 2.24) is 13.7 Å². The first-order valence-electron chi connectivity index (χ1n) is 18.3. The number of hydrogen-bond acceptors (Lipinski definition) is 2. The lowest BCUT2D eigenvalue weighted by Gasteiger charge is -2.13. The molecular weight excluding hydrogens is 671 g/mol. The molecule has 11 aromatic rings. The number of rotatable bonds is 4. The third-order valence-electron chi connectivity index (χ3n) is 11.0. The van der Waals surface area contributed by atoms with Crippen LogP contribution in [0.25, 0.3) is 93.6 Å². The van der Waals surface area contributed by atoms with Gasteiger partial charge in [0, 0.05) is 49.4 Å². The van der Waals surface area contributed by atoms with E-state index in [-0.39, 0.29) is 0 Å². The topological polar surface area (TPSA) is 62.4 Å². The van der Waals surface area contributed by atoms with Crippen molar-refractivity contribution >= 4 is 65.4 Å². The van der Waals surface area contributed by atoms with Crippen molar-refractivity contribution in [3.8, 4) is 40.3 Å². The largest absolute Gasteiger partial charge is 0.309 e. The maximum absolute atomic E-state index is 9.69. The Kier molecular flexibility index (Phi) is 6.61. The van der Waals surface area contributed by atoms with Gasteiger partial charge in [0.1, 0.15) is 0 Å². The smallest absolute Gasteiger partial charge is 0.0991 e. The maximum Gasteiger partial charge on any atom is 0.0991 e. The van der Waals surface area contributed by atoms with Gasteiger partial charge in [-0.2, -0.15) is 10.5 Å². The van der Waals surface area contributed by atoms with Gasteiger partial charge in [-0.25, -0.2) is 0 Å². The molecule has 0 aliphatic rings. The van der Waals surface area contributed by atoms with Gasteiger partial charge in [-0.15, -0.1) is 0 Å². The molecule has 3 heterocycles. The first-order valence-corrected chi connectivity index (χ1v) is 18.3. The van der Waals surface area contributed by atoms with Crippen LogP contribution in [0.4, 0.5) is 0 Å². The van der Waals surface area contributed by atoms with Crippen LogP contribution in [0.2, 0.25) is 0 Å². The number of nitriles is 2. The molecule has 0 amide bonds. The summed E-state index contributed by atoms with van der Waals surface area (Å²) in [4.78, 5) is 0. The third kappa shape index (κ3) is 4.58. The van der Waals surface area contributed by atoms with Crippen LogP contribution in [-0.2, 0) is 0 Å². The van der Waals surface area contributed by atoms with Gasteiger partial charge in [0.15, 0.2) is 0 Å². The molecule has 0 spiro atoms. The lowest BCUT2D eigenvalue weighted by atomic mass is 10.0. The van der Waals surface area contributed by atoms with Gasteiger partial charge in [0.2, 0.25) is 0 Å². The highest BCUT2D eigenvalue weighted by atomic mass is 15.0. The quantitative estimate of drug-likeness (QED) is 0.184. The summed E-state index contributed by atoms with van der Waals surface area (Å²) >= 11 is 0. The minimum atomic E-state index is 0.590. The number of benzene rings is 8. The molecule has 55 heavy (non-hydrogen) atoms. The molecule has 8 aromatic carbocycles. The number of hydrogen-bond donors (Lipinski definition) is 0. The number of para-hydroxylation sites is 3. The molecule has 0 saturated carbocycles. The van der Waals surface area contributed by atoms with Gasteiger partial charge in [-0.3, -0.25) is 0 Å². The van der Waals surface area contributed by atoms with Crippen LogP contribution in [0.15, 0.2) is 176 Å². The first-order chi connectivity index (χ1) is 27.2. The van der Waals surface area contributed by atoms with E-state index in [4.69, 9.17) is 0 Å². The zero-order chi connectivity index (χ0) is 36.6. The summed E-state index contributed by atoms with van der Waals surface area (Å²) in [7, 11) is 0. The van der Waals surface area contributed by atoms with E-state index in [1.165, 1.54) is 32.6 Å². The van der Waals surface area contributed by atoms with E-state index in [0.717, 1.165) is 61.0 Å². The van der Waals surface area contributed by atoms with Crippen molar-refractivity contribution in [3.63, 3.8) is 0 Å². The zero-order valence-electron chi connectivity index (χ0n) is 29.5. The van der Waals surface area contributed by atoms with Crippen molar-refractivity contribution in [2.24, 2.45) is 0 Å². The summed E-state index contributed by atoms with van der Waals surface area (Å²) in [5, 5.41) is 26.2. The highest BCUT2D eigenvalue weighted by Gasteiger charge is 2.19. The van der Waals surface area contributed by atoms with Gasteiger partial charge in [0.25, 0.3) is 0 Å². The highest BCUT2D eigenvalue weighted by Crippen LogP contribution is 2.40. The average Bonchev–Trinajstić information content (AvgIpc) is 3.87. The summed E-state index contributed by atoms with van der Waals surface area (Å²) in [5.74, 6) is 0. The molecule has 0 unspecified atom stereocenters. The van der Waals surface area contributed by atoms with Crippen molar-refractivity contribution < 1.29 is 0 Å². The predicted molar refractivity (Wildman–Crippen MR) is 224 cm³/mol. The van der Waals surface area contributed by atoms with Crippen LogP contribution < -0.4 is 0 Å². The minimum Gasteiger partial charge on any atom is -0.309 e. The van der Waals surface area contributed by atoms with Crippen LogP contribution in [0.5, 0.6) is 0 Å². The first kappa shape index (κ1) is 30.7. The Balaban J connectivity index is 1.11. The van der Waals surface area contributed by atoms with Gasteiger partial charge >= 0.3 is 0 Å².